The summed E-state index contributed by atoms with van der Waals surface area (Å²) in [6.45, 7) is 4.52. The largest absolute Gasteiger partial charge is 0.462 e. The maximum absolute atomic E-state index is 13.7. The van der Waals surface area contributed by atoms with E-state index in [1.165, 1.54) is 0 Å². The summed E-state index contributed by atoms with van der Waals surface area (Å²) in [7, 11) is -5.58. The maximum Gasteiger partial charge on any atom is 0.462 e. The topological polar surface area (TPSA) is 35.5 Å². The number of benzene rings is 3. The molecule has 1 heterocycles. The SMILES string of the molecule is C[Si]1(C)c2ccccc2OP(=O)(c2ccccc2)Oc2ccccc21. The summed E-state index contributed by atoms with van der Waals surface area (Å²) in [4.78, 5) is 0. The zero-order valence-corrected chi connectivity index (χ0v) is 16.1. The maximum atomic E-state index is 13.7. The lowest BCUT2D eigenvalue weighted by Gasteiger charge is -2.33. The van der Waals surface area contributed by atoms with Gasteiger partial charge in [-0.1, -0.05) is 67.7 Å². The molecule has 3 nitrogen and oxygen atoms in total. The minimum absolute atomic E-state index is 0.556. The van der Waals surface area contributed by atoms with Crippen LogP contribution >= 0.6 is 7.60 Å². The van der Waals surface area contributed by atoms with Crippen molar-refractivity contribution in [1.29, 1.82) is 0 Å². The summed E-state index contributed by atoms with van der Waals surface area (Å²) >= 11 is 0. The molecule has 1 aliphatic heterocycles. The lowest BCUT2D eigenvalue weighted by atomic mass is 10.3. The van der Waals surface area contributed by atoms with Crippen molar-refractivity contribution in [2.75, 3.05) is 0 Å². The van der Waals surface area contributed by atoms with Crippen LogP contribution in [0.2, 0.25) is 13.1 Å². The van der Waals surface area contributed by atoms with Crippen LogP contribution in [0.4, 0.5) is 0 Å². The third-order valence-corrected chi connectivity index (χ3v) is 9.95. The number of para-hydroxylation sites is 2. The van der Waals surface area contributed by atoms with Gasteiger partial charge in [0, 0.05) is 0 Å². The third kappa shape index (κ3) is 2.72. The van der Waals surface area contributed by atoms with Gasteiger partial charge in [0.2, 0.25) is 0 Å². The van der Waals surface area contributed by atoms with Gasteiger partial charge in [-0.15, -0.1) is 0 Å². The fraction of sp³-hybridized carbons (Fsp3) is 0.100. The van der Waals surface area contributed by atoms with Gasteiger partial charge in [0.25, 0.3) is 0 Å². The summed E-state index contributed by atoms with van der Waals surface area (Å²) in [5, 5.41) is 2.81. The Morgan fingerprint density at radius 1 is 0.680 bits per heavy atom. The Morgan fingerprint density at radius 3 is 1.64 bits per heavy atom. The molecule has 0 saturated carbocycles. The van der Waals surface area contributed by atoms with Gasteiger partial charge in [-0.05, 0) is 34.6 Å². The van der Waals surface area contributed by atoms with E-state index in [2.05, 4.69) is 25.2 Å². The number of fused-ring (bicyclic) bond motifs is 2. The van der Waals surface area contributed by atoms with Crippen LogP contribution in [0.1, 0.15) is 0 Å². The molecule has 0 N–H and O–H groups in total. The van der Waals surface area contributed by atoms with Crippen molar-refractivity contribution in [2.24, 2.45) is 0 Å². The average molecular weight is 366 g/mol. The molecule has 1 aliphatic rings. The number of hydrogen-bond acceptors (Lipinski definition) is 3. The molecule has 0 aliphatic carbocycles. The minimum atomic E-state index is -3.54. The molecular weight excluding hydrogens is 347 g/mol. The van der Waals surface area contributed by atoms with Crippen LogP contribution in [0, 0.1) is 0 Å². The highest BCUT2D eigenvalue weighted by molar-refractivity contribution is 7.63. The smallest absolute Gasteiger partial charge is 0.413 e. The van der Waals surface area contributed by atoms with Gasteiger partial charge < -0.3 is 9.05 Å². The van der Waals surface area contributed by atoms with Crippen LogP contribution in [-0.4, -0.2) is 8.07 Å². The van der Waals surface area contributed by atoms with Crippen LogP contribution in [0.3, 0.4) is 0 Å². The van der Waals surface area contributed by atoms with Crippen molar-refractivity contribution in [3.63, 3.8) is 0 Å². The Labute approximate surface area is 148 Å². The molecule has 126 valence electrons. The lowest BCUT2D eigenvalue weighted by molar-refractivity contribution is 0.400. The molecule has 0 spiro atoms. The first-order valence-electron chi connectivity index (χ1n) is 8.24. The van der Waals surface area contributed by atoms with Crippen LogP contribution in [0.25, 0.3) is 0 Å². The van der Waals surface area contributed by atoms with Gasteiger partial charge in [-0.25, -0.2) is 4.57 Å². The van der Waals surface area contributed by atoms with Crippen LogP contribution in [0.15, 0.2) is 78.9 Å². The van der Waals surface area contributed by atoms with Crippen molar-refractivity contribution in [3.8, 4) is 11.5 Å². The Hall–Kier alpha value is -2.29. The van der Waals surface area contributed by atoms with E-state index in [1.54, 1.807) is 12.1 Å². The van der Waals surface area contributed by atoms with E-state index in [0.717, 1.165) is 10.4 Å². The van der Waals surface area contributed by atoms with Crippen molar-refractivity contribution in [3.05, 3.63) is 78.9 Å². The quantitative estimate of drug-likeness (QED) is 0.485. The molecule has 0 amide bonds. The number of hydrogen-bond donors (Lipinski definition) is 0. The summed E-state index contributed by atoms with van der Waals surface area (Å²) in [6, 6.07) is 24.9. The molecule has 4 rings (SSSR count). The lowest BCUT2D eigenvalue weighted by Crippen LogP contribution is -2.54. The molecule has 3 aromatic carbocycles. The zero-order valence-electron chi connectivity index (χ0n) is 14.2. The second kappa shape index (κ2) is 5.90. The van der Waals surface area contributed by atoms with Crippen molar-refractivity contribution in [1.82, 2.24) is 0 Å². The molecule has 0 fully saturated rings. The van der Waals surface area contributed by atoms with Gasteiger partial charge in [-0.3, -0.25) is 0 Å². The van der Waals surface area contributed by atoms with E-state index in [4.69, 9.17) is 9.05 Å². The molecule has 0 unspecified atom stereocenters. The highest BCUT2D eigenvalue weighted by Crippen LogP contribution is 2.48. The Bertz CT molecular complexity index is 914. The van der Waals surface area contributed by atoms with Gasteiger partial charge in [0.1, 0.15) is 19.6 Å². The molecule has 0 atom stereocenters. The highest BCUT2D eigenvalue weighted by atomic mass is 31.2. The van der Waals surface area contributed by atoms with E-state index < -0.39 is 15.7 Å². The summed E-state index contributed by atoms with van der Waals surface area (Å²) in [5.74, 6) is 1.31. The monoisotopic (exact) mass is 366 g/mol. The van der Waals surface area contributed by atoms with Crippen molar-refractivity contribution < 1.29 is 13.6 Å². The fourth-order valence-electron chi connectivity index (χ4n) is 3.26. The van der Waals surface area contributed by atoms with Gasteiger partial charge in [0.15, 0.2) is 0 Å². The van der Waals surface area contributed by atoms with Crippen molar-refractivity contribution in [2.45, 2.75) is 13.1 Å². The molecule has 25 heavy (non-hydrogen) atoms. The zero-order chi connectivity index (χ0) is 17.5. The molecule has 5 heteroatoms. The van der Waals surface area contributed by atoms with E-state index in [1.807, 2.05) is 54.6 Å². The predicted molar refractivity (Wildman–Crippen MR) is 105 cm³/mol. The van der Waals surface area contributed by atoms with Crippen LogP contribution < -0.4 is 24.7 Å². The Balaban J connectivity index is 1.99. The molecule has 3 aromatic rings. The molecular formula is C20H19O3PSi. The van der Waals surface area contributed by atoms with E-state index in [-0.39, 0.29) is 0 Å². The normalized spacial score (nSPS) is 17.0. The standard InChI is InChI=1S/C20H19O3PSi/c1-25(2)19-14-8-6-12-17(19)22-24(21,16-10-4-3-5-11-16)23-18-13-7-9-15-20(18)25/h3-15H,1-2H3. The minimum Gasteiger partial charge on any atom is -0.413 e. The first-order valence-corrected chi connectivity index (χ1v) is 12.8. The first kappa shape index (κ1) is 16.2. The summed E-state index contributed by atoms with van der Waals surface area (Å²) in [6.07, 6.45) is 0. The van der Waals surface area contributed by atoms with Gasteiger partial charge in [0.05, 0.1) is 5.30 Å². The second-order valence-electron chi connectivity index (χ2n) is 6.63. The third-order valence-electron chi connectivity index (χ3n) is 4.63. The molecule has 0 bridgehead atoms. The highest BCUT2D eigenvalue weighted by Gasteiger charge is 2.40. The van der Waals surface area contributed by atoms with Crippen LogP contribution in [0.5, 0.6) is 11.5 Å². The van der Waals surface area contributed by atoms with Crippen molar-refractivity contribution >= 4 is 31.3 Å². The summed E-state index contributed by atoms with van der Waals surface area (Å²) in [5.41, 5.74) is 0. The molecule has 0 saturated heterocycles. The number of rotatable bonds is 1. The fourth-order valence-corrected chi connectivity index (χ4v) is 7.87. The van der Waals surface area contributed by atoms with E-state index >= 15 is 0 Å². The van der Waals surface area contributed by atoms with Gasteiger partial charge in [-0.2, -0.15) is 0 Å². The summed E-state index contributed by atoms with van der Waals surface area (Å²) < 4.78 is 25.9. The van der Waals surface area contributed by atoms with Gasteiger partial charge >= 0.3 is 7.60 Å². The Morgan fingerprint density at radius 2 is 1.12 bits per heavy atom. The first-order chi connectivity index (χ1) is 12.0. The Kier molecular flexibility index (Phi) is 3.82. The van der Waals surface area contributed by atoms with E-state index in [9.17, 15) is 4.57 Å². The van der Waals surface area contributed by atoms with E-state index in [0.29, 0.717) is 16.8 Å². The molecule has 0 radical (unpaired) electrons. The molecule has 0 aromatic heterocycles. The average Bonchev–Trinajstić information content (AvgIpc) is 2.62. The second-order valence-corrected chi connectivity index (χ2v) is 12.8. The van der Waals surface area contributed by atoms with Crippen LogP contribution in [-0.2, 0) is 4.57 Å². The predicted octanol–water partition coefficient (Wildman–Crippen LogP) is 3.80.